The third-order valence-electron chi connectivity index (χ3n) is 1.88. The van der Waals surface area contributed by atoms with E-state index in [0.29, 0.717) is 5.82 Å². The van der Waals surface area contributed by atoms with Gasteiger partial charge in [-0.15, -0.1) is 0 Å². The molecule has 0 aliphatic heterocycles. The molecule has 0 atom stereocenters. The molecule has 0 spiro atoms. The second-order valence-corrected chi connectivity index (χ2v) is 3.65. The number of rotatable bonds is 1. The number of halogens is 1. The Morgan fingerprint density at radius 3 is 2.71 bits per heavy atom. The van der Waals surface area contributed by atoms with Gasteiger partial charge in [0.25, 0.3) is 0 Å². The molecule has 0 amide bonds. The van der Waals surface area contributed by atoms with Crippen molar-refractivity contribution < 1.29 is 0 Å². The van der Waals surface area contributed by atoms with Gasteiger partial charge in [-0.3, -0.25) is 4.98 Å². The van der Waals surface area contributed by atoms with Crippen LogP contribution in [0.5, 0.6) is 0 Å². The number of nitrogens with two attached hydrogens (primary N) is 1. The van der Waals surface area contributed by atoms with Crippen LogP contribution in [0.3, 0.4) is 0 Å². The van der Waals surface area contributed by atoms with Crippen LogP contribution < -0.4 is 5.73 Å². The van der Waals surface area contributed by atoms with Crippen molar-refractivity contribution in [1.29, 1.82) is 0 Å². The predicted octanol–water partition coefficient (Wildman–Crippen LogP) is 2.49. The van der Waals surface area contributed by atoms with Gasteiger partial charge in [-0.05, 0) is 28.1 Å². The van der Waals surface area contributed by atoms with Crippen LogP contribution in [0.4, 0.5) is 5.82 Å². The lowest BCUT2D eigenvalue weighted by Gasteiger charge is -2.05. The quantitative estimate of drug-likeness (QED) is 0.845. The third kappa shape index (κ3) is 1.61. The van der Waals surface area contributed by atoms with Crippen LogP contribution >= 0.6 is 15.9 Å². The standard InChI is InChI=1S/C10H8BrN3/c11-8-3-5-14-10(12)9(8)7-2-1-4-13-6-7/h1-6H,(H2,12,14). The fourth-order valence-corrected chi connectivity index (χ4v) is 1.80. The molecular weight excluding hydrogens is 242 g/mol. The number of anilines is 1. The first-order chi connectivity index (χ1) is 6.79. The largest absolute Gasteiger partial charge is 0.383 e. The van der Waals surface area contributed by atoms with Gasteiger partial charge in [-0.2, -0.15) is 0 Å². The second-order valence-electron chi connectivity index (χ2n) is 2.79. The maximum absolute atomic E-state index is 5.78. The van der Waals surface area contributed by atoms with E-state index in [0.717, 1.165) is 15.6 Å². The third-order valence-corrected chi connectivity index (χ3v) is 2.54. The Labute approximate surface area is 90.1 Å². The van der Waals surface area contributed by atoms with E-state index >= 15 is 0 Å². The fraction of sp³-hybridized carbons (Fsp3) is 0. The summed E-state index contributed by atoms with van der Waals surface area (Å²) in [6.07, 6.45) is 5.15. The zero-order valence-electron chi connectivity index (χ0n) is 7.31. The van der Waals surface area contributed by atoms with Crippen LogP contribution in [-0.4, -0.2) is 9.97 Å². The van der Waals surface area contributed by atoms with Crippen molar-refractivity contribution in [3.63, 3.8) is 0 Å². The topological polar surface area (TPSA) is 51.8 Å². The van der Waals surface area contributed by atoms with Gasteiger partial charge >= 0.3 is 0 Å². The second kappa shape index (κ2) is 3.75. The average Bonchev–Trinajstić information content (AvgIpc) is 2.19. The molecule has 2 aromatic heterocycles. The highest BCUT2D eigenvalue weighted by atomic mass is 79.9. The average molecular weight is 250 g/mol. The van der Waals surface area contributed by atoms with Crippen LogP contribution in [-0.2, 0) is 0 Å². The van der Waals surface area contributed by atoms with E-state index < -0.39 is 0 Å². The highest BCUT2D eigenvalue weighted by Crippen LogP contribution is 2.30. The molecule has 2 heterocycles. The molecule has 0 saturated heterocycles. The molecule has 2 rings (SSSR count). The number of hydrogen-bond acceptors (Lipinski definition) is 3. The maximum atomic E-state index is 5.78. The Morgan fingerprint density at radius 1 is 1.21 bits per heavy atom. The van der Waals surface area contributed by atoms with E-state index in [2.05, 4.69) is 25.9 Å². The molecule has 0 saturated carbocycles. The summed E-state index contributed by atoms with van der Waals surface area (Å²) >= 11 is 3.44. The summed E-state index contributed by atoms with van der Waals surface area (Å²) in [5.41, 5.74) is 7.64. The lowest BCUT2D eigenvalue weighted by Crippen LogP contribution is -1.94. The molecule has 0 bridgehead atoms. The van der Waals surface area contributed by atoms with Gasteiger partial charge < -0.3 is 5.73 Å². The summed E-state index contributed by atoms with van der Waals surface area (Å²) in [5.74, 6) is 0.507. The summed E-state index contributed by atoms with van der Waals surface area (Å²) in [6.45, 7) is 0. The Morgan fingerprint density at radius 2 is 2.07 bits per heavy atom. The normalized spacial score (nSPS) is 10.1. The van der Waals surface area contributed by atoms with E-state index in [4.69, 9.17) is 5.73 Å². The van der Waals surface area contributed by atoms with Gasteiger partial charge in [-0.25, -0.2) is 4.98 Å². The fourth-order valence-electron chi connectivity index (χ4n) is 1.25. The van der Waals surface area contributed by atoms with Crippen LogP contribution in [0.25, 0.3) is 11.1 Å². The Hall–Kier alpha value is -1.42. The summed E-state index contributed by atoms with van der Waals surface area (Å²) in [4.78, 5) is 8.08. The molecule has 70 valence electrons. The van der Waals surface area contributed by atoms with Crippen molar-refractivity contribution >= 4 is 21.7 Å². The smallest absolute Gasteiger partial charge is 0.132 e. The molecule has 0 radical (unpaired) electrons. The molecule has 0 aliphatic rings. The molecule has 0 unspecified atom stereocenters. The van der Waals surface area contributed by atoms with Crippen molar-refractivity contribution in [2.45, 2.75) is 0 Å². The highest BCUT2D eigenvalue weighted by Gasteiger charge is 2.07. The zero-order valence-corrected chi connectivity index (χ0v) is 8.90. The molecule has 14 heavy (non-hydrogen) atoms. The number of pyridine rings is 2. The number of nitrogen functional groups attached to an aromatic ring is 1. The minimum Gasteiger partial charge on any atom is -0.383 e. The van der Waals surface area contributed by atoms with Crippen LogP contribution in [0.15, 0.2) is 41.3 Å². The number of hydrogen-bond donors (Lipinski definition) is 1. The van der Waals surface area contributed by atoms with Gasteiger partial charge in [0.1, 0.15) is 5.82 Å². The molecule has 4 heteroatoms. The summed E-state index contributed by atoms with van der Waals surface area (Å²) in [7, 11) is 0. The lowest BCUT2D eigenvalue weighted by atomic mass is 10.1. The minimum absolute atomic E-state index is 0.507. The van der Waals surface area contributed by atoms with E-state index in [1.54, 1.807) is 18.6 Å². The molecule has 0 aliphatic carbocycles. The Kier molecular flexibility index (Phi) is 2.45. The van der Waals surface area contributed by atoms with E-state index in [9.17, 15) is 0 Å². The van der Waals surface area contributed by atoms with E-state index in [1.807, 2.05) is 18.2 Å². The van der Waals surface area contributed by atoms with Crippen LogP contribution in [0.1, 0.15) is 0 Å². The van der Waals surface area contributed by atoms with Crippen molar-refractivity contribution in [3.05, 3.63) is 41.3 Å². The van der Waals surface area contributed by atoms with E-state index in [-0.39, 0.29) is 0 Å². The molecule has 2 N–H and O–H groups in total. The van der Waals surface area contributed by atoms with Gasteiger partial charge in [0.15, 0.2) is 0 Å². The first kappa shape index (κ1) is 9.15. The Bertz CT molecular complexity index is 422. The van der Waals surface area contributed by atoms with Gasteiger partial charge in [0.05, 0.1) is 0 Å². The number of nitrogens with zero attached hydrogens (tertiary/aromatic N) is 2. The molecule has 2 aromatic rings. The first-order valence-electron chi connectivity index (χ1n) is 4.09. The van der Waals surface area contributed by atoms with Crippen LogP contribution in [0.2, 0.25) is 0 Å². The van der Waals surface area contributed by atoms with Gasteiger partial charge in [0.2, 0.25) is 0 Å². The summed E-state index contributed by atoms with van der Waals surface area (Å²) in [5, 5.41) is 0. The van der Waals surface area contributed by atoms with Gasteiger partial charge in [0, 0.05) is 34.2 Å². The SMILES string of the molecule is Nc1nccc(Br)c1-c1cccnc1. The molecular formula is C10H8BrN3. The monoisotopic (exact) mass is 249 g/mol. The molecule has 0 aromatic carbocycles. The predicted molar refractivity (Wildman–Crippen MR) is 59.6 cm³/mol. The molecule has 3 nitrogen and oxygen atoms in total. The van der Waals surface area contributed by atoms with Crippen molar-refractivity contribution in [2.75, 3.05) is 5.73 Å². The van der Waals surface area contributed by atoms with E-state index in [1.165, 1.54) is 0 Å². The highest BCUT2D eigenvalue weighted by molar-refractivity contribution is 9.10. The Balaban J connectivity index is 2.63. The first-order valence-corrected chi connectivity index (χ1v) is 4.88. The minimum atomic E-state index is 0.507. The maximum Gasteiger partial charge on any atom is 0.132 e. The zero-order chi connectivity index (χ0) is 9.97. The molecule has 0 fully saturated rings. The van der Waals surface area contributed by atoms with Gasteiger partial charge in [-0.1, -0.05) is 6.07 Å². The van der Waals surface area contributed by atoms with Crippen molar-refractivity contribution in [2.24, 2.45) is 0 Å². The summed E-state index contributed by atoms with van der Waals surface area (Å²) in [6, 6.07) is 5.68. The number of aromatic nitrogens is 2. The van der Waals surface area contributed by atoms with Crippen molar-refractivity contribution in [3.8, 4) is 11.1 Å². The van der Waals surface area contributed by atoms with Crippen LogP contribution in [0, 0.1) is 0 Å². The lowest BCUT2D eigenvalue weighted by molar-refractivity contribution is 1.29. The van der Waals surface area contributed by atoms with Crippen molar-refractivity contribution in [1.82, 2.24) is 9.97 Å². The summed E-state index contributed by atoms with van der Waals surface area (Å²) < 4.78 is 0.929.